The molecule has 5 rings (SSSR count). The average Bonchev–Trinajstić information content (AvgIpc) is 3.45. The van der Waals surface area contributed by atoms with Gasteiger partial charge in [0.05, 0.1) is 12.3 Å². The zero-order chi connectivity index (χ0) is 24.2. The molecule has 0 unspecified atom stereocenters. The topological polar surface area (TPSA) is 68.5 Å². The second-order valence-electron chi connectivity index (χ2n) is 7.64. The van der Waals surface area contributed by atoms with Crippen molar-refractivity contribution in [3.8, 4) is 17.0 Å². The largest absolute Gasteiger partial charge is 0.494 e. The zero-order valence-corrected chi connectivity index (χ0v) is 19.6. The van der Waals surface area contributed by atoms with E-state index in [-0.39, 0.29) is 17.7 Å². The van der Waals surface area contributed by atoms with Gasteiger partial charge < -0.3 is 4.74 Å². The number of amides is 1. The van der Waals surface area contributed by atoms with E-state index in [1.165, 1.54) is 23.5 Å². The first-order valence-electron chi connectivity index (χ1n) is 11.0. The molecule has 0 spiro atoms. The quantitative estimate of drug-likeness (QED) is 0.221. The van der Waals surface area contributed by atoms with Crippen LogP contribution in [0.2, 0.25) is 0 Å². The maximum atomic E-state index is 13.3. The molecule has 0 bridgehead atoms. The summed E-state index contributed by atoms with van der Waals surface area (Å²) in [5.41, 5.74) is 3.69. The van der Waals surface area contributed by atoms with Crippen LogP contribution in [0.1, 0.15) is 18.1 Å². The van der Waals surface area contributed by atoms with Crippen molar-refractivity contribution >= 4 is 39.8 Å². The number of halogens is 1. The van der Waals surface area contributed by atoms with E-state index in [2.05, 4.69) is 15.4 Å². The predicted molar refractivity (Wildman–Crippen MR) is 137 cm³/mol. The summed E-state index contributed by atoms with van der Waals surface area (Å²) >= 11 is 1.39. The van der Waals surface area contributed by atoms with Crippen molar-refractivity contribution in [2.45, 2.75) is 6.92 Å². The molecule has 35 heavy (non-hydrogen) atoms. The van der Waals surface area contributed by atoms with Gasteiger partial charge in [-0.05, 0) is 60.5 Å². The molecule has 8 heteroatoms. The number of thiazole rings is 1. The van der Waals surface area contributed by atoms with Crippen LogP contribution in [0.25, 0.3) is 27.9 Å². The van der Waals surface area contributed by atoms with Gasteiger partial charge in [-0.2, -0.15) is 4.98 Å². The van der Waals surface area contributed by atoms with Crippen molar-refractivity contribution in [3.05, 3.63) is 101 Å². The Hall–Kier alpha value is -4.30. The number of ether oxygens (including phenoxy) is 1. The van der Waals surface area contributed by atoms with Gasteiger partial charge in [-0.1, -0.05) is 42.5 Å². The molecule has 0 saturated heterocycles. The van der Waals surface area contributed by atoms with Gasteiger partial charge in [-0.25, -0.2) is 8.91 Å². The number of rotatable bonds is 7. The van der Waals surface area contributed by atoms with Crippen molar-refractivity contribution in [3.63, 3.8) is 0 Å². The maximum Gasteiger partial charge on any atom is 0.258 e. The molecule has 5 aromatic rings. The molecule has 2 heterocycles. The molecule has 0 aliphatic heterocycles. The lowest BCUT2D eigenvalue weighted by molar-refractivity contribution is -0.111. The number of hydrogen-bond donors (Lipinski definition) is 1. The highest BCUT2D eigenvalue weighted by atomic mass is 32.1. The second kappa shape index (κ2) is 9.90. The Kier molecular flexibility index (Phi) is 6.36. The second-order valence-corrected chi connectivity index (χ2v) is 8.47. The maximum absolute atomic E-state index is 13.3. The highest BCUT2D eigenvalue weighted by molar-refractivity contribution is 7.15. The summed E-state index contributed by atoms with van der Waals surface area (Å²) in [5, 5.41) is 9.20. The van der Waals surface area contributed by atoms with Crippen LogP contribution in [-0.2, 0) is 4.79 Å². The van der Waals surface area contributed by atoms with Crippen LogP contribution in [0, 0.1) is 5.82 Å². The van der Waals surface area contributed by atoms with Gasteiger partial charge in [0.25, 0.3) is 11.9 Å². The molecule has 1 N–H and O–H groups in total. The molecule has 3 aromatic carbocycles. The number of fused-ring (bicyclic) bond motifs is 1. The SMILES string of the molecule is CCOc1ccc(/C=C(/C(=O)Nc2nc3scc(-c4ccc(F)cc4)n3n2)c2ccccc2)cc1. The molecule has 0 atom stereocenters. The van der Waals surface area contributed by atoms with Gasteiger partial charge in [-0.15, -0.1) is 16.4 Å². The van der Waals surface area contributed by atoms with Crippen molar-refractivity contribution in [1.82, 2.24) is 14.6 Å². The number of aromatic nitrogens is 3. The number of nitrogens with one attached hydrogen (secondary N) is 1. The number of benzene rings is 3. The summed E-state index contributed by atoms with van der Waals surface area (Å²) in [6.07, 6.45) is 1.82. The standard InChI is InChI=1S/C27H21FN4O2S/c1-2-34-22-14-8-18(9-15-22)16-23(19-6-4-3-5-7-19)25(33)29-26-30-27-32(31-26)24(17-35-27)20-10-12-21(28)13-11-20/h3-17H,2H2,1H3,(H,29,31,33)/b23-16+. The molecule has 6 nitrogen and oxygen atoms in total. The lowest BCUT2D eigenvalue weighted by Crippen LogP contribution is -2.15. The van der Waals surface area contributed by atoms with Crippen LogP contribution < -0.4 is 10.1 Å². The third-order valence-electron chi connectivity index (χ3n) is 5.28. The lowest BCUT2D eigenvalue weighted by atomic mass is 10.0. The third kappa shape index (κ3) is 4.97. The van der Waals surface area contributed by atoms with E-state index in [1.54, 1.807) is 16.6 Å². The van der Waals surface area contributed by atoms with Crippen molar-refractivity contribution in [2.24, 2.45) is 0 Å². The zero-order valence-electron chi connectivity index (χ0n) is 18.8. The number of carbonyl (C=O) groups is 1. The summed E-state index contributed by atoms with van der Waals surface area (Å²) < 4.78 is 20.5. The smallest absolute Gasteiger partial charge is 0.258 e. The minimum absolute atomic E-state index is 0.193. The molecule has 174 valence electrons. The van der Waals surface area contributed by atoms with Gasteiger partial charge in [0.1, 0.15) is 11.6 Å². The molecule has 0 fully saturated rings. The highest BCUT2D eigenvalue weighted by Crippen LogP contribution is 2.27. The Balaban J connectivity index is 1.44. The fourth-order valence-electron chi connectivity index (χ4n) is 3.61. The minimum atomic E-state index is -0.327. The molecule has 0 aliphatic carbocycles. The molecule has 0 radical (unpaired) electrons. The summed E-state index contributed by atoms with van der Waals surface area (Å²) in [6.45, 7) is 2.52. The van der Waals surface area contributed by atoms with Gasteiger partial charge in [-0.3, -0.25) is 10.1 Å². The van der Waals surface area contributed by atoms with Crippen LogP contribution in [0.4, 0.5) is 10.3 Å². The molecular formula is C27H21FN4O2S. The van der Waals surface area contributed by atoms with E-state index in [9.17, 15) is 9.18 Å². The normalized spacial score (nSPS) is 11.5. The molecule has 1 amide bonds. The van der Waals surface area contributed by atoms with E-state index in [0.29, 0.717) is 17.1 Å². The first-order valence-corrected chi connectivity index (χ1v) is 11.9. The third-order valence-corrected chi connectivity index (χ3v) is 6.09. The van der Waals surface area contributed by atoms with Crippen LogP contribution in [0.5, 0.6) is 5.75 Å². The first kappa shape index (κ1) is 22.5. The Morgan fingerprint density at radius 1 is 1.06 bits per heavy atom. The number of nitrogens with zero attached hydrogens (tertiary/aromatic N) is 3. The summed E-state index contributed by atoms with van der Waals surface area (Å²) in [6, 6.07) is 23.1. The van der Waals surface area contributed by atoms with Gasteiger partial charge in [0, 0.05) is 16.5 Å². The fraction of sp³-hybridized carbons (Fsp3) is 0.0741. The van der Waals surface area contributed by atoms with Crippen LogP contribution in [-0.4, -0.2) is 27.1 Å². The number of carbonyl (C=O) groups excluding carboxylic acids is 1. The summed E-state index contributed by atoms with van der Waals surface area (Å²) in [7, 11) is 0. The predicted octanol–water partition coefficient (Wildman–Crippen LogP) is 6.17. The van der Waals surface area contributed by atoms with Crippen LogP contribution >= 0.6 is 11.3 Å². The van der Waals surface area contributed by atoms with E-state index in [4.69, 9.17) is 4.74 Å². The molecule has 0 saturated carbocycles. The number of hydrogen-bond acceptors (Lipinski definition) is 5. The molecular weight excluding hydrogens is 463 g/mol. The van der Waals surface area contributed by atoms with E-state index < -0.39 is 0 Å². The Bertz CT molecular complexity index is 1490. The van der Waals surface area contributed by atoms with Gasteiger partial charge >= 0.3 is 0 Å². The van der Waals surface area contributed by atoms with Gasteiger partial charge in [0.15, 0.2) is 0 Å². The summed E-state index contributed by atoms with van der Waals surface area (Å²) in [5.74, 6) is 0.333. The van der Waals surface area contributed by atoms with E-state index in [0.717, 1.165) is 28.1 Å². The average molecular weight is 485 g/mol. The summed E-state index contributed by atoms with van der Waals surface area (Å²) in [4.78, 5) is 18.4. The fourth-order valence-corrected chi connectivity index (χ4v) is 4.44. The van der Waals surface area contributed by atoms with Gasteiger partial charge in [0.2, 0.25) is 4.96 Å². The van der Waals surface area contributed by atoms with Crippen LogP contribution in [0.15, 0.2) is 84.2 Å². The van der Waals surface area contributed by atoms with Crippen molar-refractivity contribution in [2.75, 3.05) is 11.9 Å². The van der Waals surface area contributed by atoms with Crippen molar-refractivity contribution in [1.29, 1.82) is 0 Å². The first-order chi connectivity index (χ1) is 17.1. The molecule has 2 aromatic heterocycles. The van der Waals surface area contributed by atoms with Crippen molar-refractivity contribution < 1.29 is 13.9 Å². The van der Waals surface area contributed by atoms with E-state index in [1.807, 2.05) is 73.0 Å². The van der Waals surface area contributed by atoms with E-state index >= 15 is 0 Å². The molecule has 0 aliphatic rings. The number of anilines is 1. The minimum Gasteiger partial charge on any atom is -0.494 e. The lowest BCUT2D eigenvalue weighted by Gasteiger charge is -2.08. The monoisotopic (exact) mass is 484 g/mol. The Labute approximate surface area is 205 Å². The van der Waals surface area contributed by atoms with Crippen LogP contribution in [0.3, 0.4) is 0 Å². The Morgan fingerprint density at radius 3 is 2.51 bits per heavy atom. The Morgan fingerprint density at radius 2 is 1.80 bits per heavy atom. The highest BCUT2D eigenvalue weighted by Gasteiger charge is 2.17.